The summed E-state index contributed by atoms with van der Waals surface area (Å²) in [7, 11) is 0. The van der Waals surface area contributed by atoms with E-state index in [0.29, 0.717) is 0 Å². The van der Waals surface area contributed by atoms with E-state index in [1.165, 1.54) is 0 Å². The molecule has 0 aliphatic rings. The maximum absolute atomic E-state index is 8.00. The number of hydrogen-bond donors (Lipinski definition) is 0. The Hall–Kier alpha value is 2.40. The molecule has 0 aliphatic carbocycles. The van der Waals surface area contributed by atoms with Crippen molar-refractivity contribution in [3.63, 3.8) is 0 Å². The molecule has 25 valence electrons. The normalized spacial score (nSPS) is 1.25. The van der Waals surface area contributed by atoms with Crippen LogP contribution in [0.25, 0.3) is 0 Å². The molecule has 0 amide bonds. The Labute approximate surface area is 80.0 Å². The molecule has 0 aromatic heterocycles. The molecule has 0 atom stereocenters. The molecule has 0 aliphatic heterocycles. The summed E-state index contributed by atoms with van der Waals surface area (Å²) in [6.07, 6.45) is 0. The van der Waals surface area contributed by atoms with E-state index in [1.807, 2.05) is 15.9 Å². The molecule has 0 saturated carbocycles. The van der Waals surface area contributed by atoms with Crippen molar-refractivity contribution in [2.24, 2.45) is 0 Å². The fraction of sp³-hybridized carbons (Fsp3) is 0. The van der Waals surface area contributed by atoms with Crippen LogP contribution in [0.2, 0.25) is 0 Å². The molecule has 4 heavy (non-hydrogen) atoms. The van der Waals surface area contributed by atoms with Crippen LogP contribution in [0.4, 0.5) is 0 Å². The van der Waals surface area contributed by atoms with Crippen LogP contribution in [0, 0.1) is 35.6 Å². The van der Waals surface area contributed by atoms with Gasteiger partial charge >= 0.3 is 46.0 Å². The van der Waals surface area contributed by atoms with Crippen molar-refractivity contribution < 1.29 is 55.4 Å². The summed E-state index contributed by atoms with van der Waals surface area (Å²) < 4.78 is 8.00. The Balaban J connectivity index is -0.00000000500. The van der Waals surface area contributed by atoms with Gasteiger partial charge in [0.25, 0.3) is 0 Å². The first-order chi connectivity index (χ1) is 1.00. The maximum atomic E-state index is 8.00. The summed E-state index contributed by atoms with van der Waals surface area (Å²) in [5.74, 6) is 0. The first-order valence-corrected chi connectivity index (χ1v) is 0.595. The fourth-order valence-corrected chi connectivity index (χ4v) is 0. The molecule has 1 nitrogen and oxygen atoms in total. The zero-order valence-electron chi connectivity index (χ0n) is 2.05. The topological polar surface area (TPSA) is 17.1 Å². The molecule has 0 heterocycles. The van der Waals surface area contributed by atoms with Crippen LogP contribution in [-0.4, -0.2) is 26.2 Å². The van der Waals surface area contributed by atoms with E-state index in [0.717, 1.165) is 0 Å². The van der Waals surface area contributed by atoms with Gasteiger partial charge in [0, 0.05) is 35.6 Å². The molecule has 0 aromatic carbocycles. The molecule has 0 fully saturated rings. The summed E-state index contributed by atoms with van der Waals surface area (Å²) in [5.41, 5.74) is 0. The second kappa shape index (κ2) is 18.2. The molecular weight excluding hydrogens is 420 g/mol. The molecule has 0 rings (SSSR count). The standard InChI is InChI=1S/Bi.Fe.La.O.3H. The van der Waals surface area contributed by atoms with Crippen LogP contribution >= 0.6 is 0 Å². The van der Waals surface area contributed by atoms with Crippen LogP contribution in [0.5, 0.6) is 0 Å². The van der Waals surface area contributed by atoms with E-state index in [4.69, 9.17) is 3.83 Å². The Bertz CT molecular complexity index is 8.00. The minimum atomic E-state index is 0. The van der Waals surface area contributed by atoms with E-state index < -0.39 is 0 Å². The van der Waals surface area contributed by atoms with Crippen LogP contribution in [0.1, 0.15) is 0 Å². The molecule has 0 spiro atoms. The monoisotopic (exact) mass is 423 g/mol. The van der Waals surface area contributed by atoms with Gasteiger partial charge in [-0.2, -0.15) is 0 Å². The first kappa shape index (κ1) is 16.1. The second-order valence-electron chi connectivity index (χ2n) is 0. The predicted octanol–water partition coefficient (Wildman–Crippen LogP) is -1.31. The van der Waals surface area contributed by atoms with Crippen molar-refractivity contribution in [1.29, 1.82) is 0 Å². The third kappa shape index (κ3) is 8.83. The first-order valence-electron chi connectivity index (χ1n) is 0.144. The summed E-state index contributed by atoms with van der Waals surface area (Å²) in [5, 5.41) is 0. The summed E-state index contributed by atoms with van der Waals surface area (Å²) in [4.78, 5) is 0. The van der Waals surface area contributed by atoms with E-state index in [1.54, 1.807) is 0 Å². The zero-order chi connectivity index (χ0) is 2.00. The van der Waals surface area contributed by atoms with Crippen molar-refractivity contribution in [2.75, 3.05) is 0 Å². The van der Waals surface area contributed by atoms with Gasteiger partial charge in [0.1, 0.15) is 0 Å². The Morgan fingerprint density at radius 2 is 1.25 bits per heavy atom. The van der Waals surface area contributed by atoms with Gasteiger partial charge < -0.3 is 0 Å². The third-order valence-corrected chi connectivity index (χ3v) is 0. The quantitative estimate of drug-likeness (QED) is 0.443. The van der Waals surface area contributed by atoms with Gasteiger partial charge in [-0.3, -0.25) is 0 Å². The number of hydrogen-bond acceptors (Lipinski definition) is 1. The van der Waals surface area contributed by atoms with Gasteiger partial charge in [-0.15, -0.1) is 0 Å². The van der Waals surface area contributed by atoms with Crippen LogP contribution in [-0.2, 0) is 19.8 Å². The van der Waals surface area contributed by atoms with Gasteiger partial charge in [-0.25, -0.2) is 0 Å². The fourth-order valence-electron chi connectivity index (χ4n) is 0. The van der Waals surface area contributed by atoms with Crippen LogP contribution in [0.3, 0.4) is 0 Å². The van der Waals surface area contributed by atoms with Gasteiger partial charge in [0.05, 0.1) is 0 Å². The Kier molecular flexibility index (Phi) is 73.3. The third-order valence-electron chi connectivity index (χ3n) is 0. The van der Waals surface area contributed by atoms with Gasteiger partial charge in [0.2, 0.25) is 0 Å². The van der Waals surface area contributed by atoms with Crippen molar-refractivity contribution >= 4 is 26.2 Å². The molecule has 0 unspecified atom stereocenters. The van der Waals surface area contributed by atoms with E-state index in [2.05, 4.69) is 0 Å². The van der Waals surface area contributed by atoms with Crippen molar-refractivity contribution in [1.82, 2.24) is 0 Å². The summed E-state index contributed by atoms with van der Waals surface area (Å²) >= 11 is 2.00. The van der Waals surface area contributed by atoms with Gasteiger partial charge in [0.15, 0.2) is 0 Å². The molecule has 0 bridgehead atoms. The van der Waals surface area contributed by atoms with Crippen molar-refractivity contribution in [3.8, 4) is 0 Å². The van der Waals surface area contributed by atoms with Crippen molar-refractivity contribution in [2.45, 2.75) is 0 Å². The molecule has 4 heteroatoms. The molecule has 0 saturated heterocycles. The van der Waals surface area contributed by atoms with Crippen molar-refractivity contribution in [3.05, 3.63) is 0 Å². The minimum absolute atomic E-state index is 0. The predicted molar refractivity (Wildman–Crippen MR) is 10.6 cm³/mol. The SMILES string of the molecule is [BiH3].[La].[O]=[Fe]. The Morgan fingerprint density at radius 1 is 1.25 bits per heavy atom. The average Bonchev–Trinajstić information content (AvgIpc) is 1.00. The second-order valence-corrected chi connectivity index (χ2v) is 0. The molecule has 0 N–H and O–H groups in total. The number of rotatable bonds is 0. The van der Waals surface area contributed by atoms with Crippen LogP contribution < -0.4 is 0 Å². The Morgan fingerprint density at radius 3 is 1.25 bits per heavy atom. The van der Waals surface area contributed by atoms with Gasteiger partial charge in [-0.1, -0.05) is 0 Å². The summed E-state index contributed by atoms with van der Waals surface area (Å²) in [6.45, 7) is 0. The van der Waals surface area contributed by atoms with E-state index in [-0.39, 0.29) is 61.8 Å². The molecule has 0 aromatic rings. The summed E-state index contributed by atoms with van der Waals surface area (Å²) in [6, 6.07) is 0. The van der Waals surface area contributed by atoms with E-state index in [9.17, 15) is 0 Å². The van der Waals surface area contributed by atoms with E-state index >= 15 is 0 Å². The van der Waals surface area contributed by atoms with Crippen LogP contribution in [0.15, 0.2) is 0 Å². The zero-order valence-corrected chi connectivity index (χ0v) is 12.3. The molecular formula is H3BiFeLaO. The average molecular weight is 423 g/mol. The molecule has 1 radical (unpaired) electrons. The van der Waals surface area contributed by atoms with Gasteiger partial charge in [-0.05, 0) is 0 Å².